The molecule has 4 saturated heterocycles. The number of aromatic hydroxyl groups is 1. The Balaban J connectivity index is 0.853. The summed E-state index contributed by atoms with van der Waals surface area (Å²) in [5, 5.41) is 121. The molecule has 4 aromatic rings. The quantitative estimate of drug-likeness (QED) is 0.0415. The standard InChI is InChI=1S/C67H98N12O20S2/c1-36-31-78-57(58(36)88)62(92)70-30-45(83)27-47(69-29-38-9-12-41(13-10-38)63-75-79-33-48(71-66(79)100-63)40-14-16-44(17-15-40)76-23-20-67(98-3,21-24-76)42-7-5-4-6-8-42)59(89)72-54(37(2)82)64(93)77-32-46(84)28-49(77)60(90)73-55(52(87)25-39-11-18-50(85)53(26-39)99-101(95,96)97)61(91)74-56(65(78)94)51(86)19-22-68-43(34-80)35-81/h11,14-18,26,33,36-38,41-43,45-47,49,51-52,54-58,68-69,80-88H,4-10,12-13,19-25,27-32,34-35H2,1-3H3,(H,70,92)(H,72,89)(H,73,90)(H,74,91)(H,95,96,97)/t36-,37+,38?,41?,45+,46+,47-,49-,51+,52+,54?,55-,56-,57-,58-/m0/s1. The second-order valence-electron chi connectivity index (χ2n) is 28.2. The van der Waals surface area contributed by atoms with E-state index in [1.165, 1.54) is 63.0 Å². The molecular weight excluding hydrogens is 1360 g/mol. The minimum absolute atomic E-state index is 0.00379. The Morgan fingerprint density at radius 3 is 2.11 bits per heavy atom. The van der Waals surface area contributed by atoms with E-state index in [1.807, 2.05) is 17.8 Å². The number of hydrogen-bond acceptors (Lipinski definition) is 25. The lowest BCUT2D eigenvalue weighted by molar-refractivity contribution is -0.147. The number of aliphatic hydroxyl groups excluding tert-OH is 8. The molecule has 2 aromatic carbocycles. The number of anilines is 1. The first-order valence-electron chi connectivity index (χ1n) is 35.0. The normalized spacial score (nSPS) is 28.9. The fourth-order valence-electron chi connectivity index (χ4n) is 15.3. The zero-order chi connectivity index (χ0) is 72.6. The molecule has 6 heterocycles. The Morgan fingerprint density at radius 2 is 1.46 bits per heavy atom. The first-order valence-corrected chi connectivity index (χ1v) is 37.2. The van der Waals surface area contributed by atoms with Gasteiger partial charge in [-0.05, 0) is 126 Å². The number of rotatable bonds is 21. The number of ether oxygens (including phenoxy) is 1. The van der Waals surface area contributed by atoms with Crippen LogP contribution in [0.5, 0.6) is 11.5 Å². The number of phenols is 1. The lowest BCUT2D eigenvalue weighted by atomic mass is 9.72. The predicted molar refractivity (Wildman–Crippen MR) is 365 cm³/mol. The average molecular weight is 1460 g/mol. The molecule has 4 aliphatic heterocycles. The van der Waals surface area contributed by atoms with Crippen molar-refractivity contribution in [3.05, 3.63) is 59.2 Å². The lowest BCUT2D eigenvalue weighted by Gasteiger charge is -2.47. The number of nitrogens with zero attached hydrogens (tertiary/aromatic N) is 6. The van der Waals surface area contributed by atoms with E-state index in [9.17, 15) is 82.9 Å². The minimum atomic E-state index is -5.22. The maximum absolute atomic E-state index is 15.0. The van der Waals surface area contributed by atoms with Crippen molar-refractivity contribution in [2.24, 2.45) is 17.8 Å². The number of piperidine rings is 1. The summed E-state index contributed by atoms with van der Waals surface area (Å²) in [6.45, 7) is 2.08. The van der Waals surface area contributed by atoms with Gasteiger partial charge in [0.1, 0.15) is 35.2 Å². The van der Waals surface area contributed by atoms with Crippen LogP contribution in [0.25, 0.3) is 16.2 Å². The molecule has 10 rings (SSSR count). The van der Waals surface area contributed by atoms with Crippen LogP contribution in [0.3, 0.4) is 0 Å². The molecule has 13 atom stereocenters. The molecule has 2 aromatic heterocycles. The van der Waals surface area contributed by atoms with Crippen LogP contribution in [0.1, 0.15) is 120 Å². The van der Waals surface area contributed by atoms with Crippen LogP contribution in [0.15, 0.2) is 48.7 Å². The number of phenolic OH excluding ortho intramolecular Hbond substituents is 1. The second kappa shape index (κ2) is 33.8. The fourth-order valence-corrected chi connectivity index (χ4v) is 16.7. The van der Waals surface area contributed by atoms with Gasteiger partial charge in [-0.1, -0.05) is 55.7 Å². The van der Waals surface area contributed by atoms with Crippen LogP contribution in [0, 0.1) is 17.8 Å². The monoisotopic (exact) mass is 1450 g/mol. The van der Waals surface area contributed by atoms with Gasteiger partial charge in [0, 0.05) is 75.8 Å². The smallest absolute Gasteiger partial charge is 0.446 e. The van der Waals surface area contributed by atoms with Crippen molar-refractivity contribution in [1.82, 2.24) is 56.3 Å². The van der Waals surface area contributed by atoms with Crippen LogP contribution in [0.4, 0.5) is 5.69 Å². The molecular formula is C67H98N12O20S2. The van der Waals surface area contributed by atoms with Crippen LogP contribution in [-0.4, -0.2) is 269 Å². The minimum Gasteiger partial charge on any atom is -0.504 e. The molecule has 6 aliphatic rings. The summed E-state index contributed by atoms with van der Waals surface area (Å²) in [6.07, 6.45) is 0.985. The van der Waals surface area contributed by atoms with Gasteiger partial charge in [0.2, 0.25) is 40.4 Å². The summed E-state index contributed by atoms with van der Waals surface area (Å²) in [4.78, 5) is 98.3. The topological polar surface area (TPSA) is 469 Å². The number of imidazole rings is 1. The number of amides is 6. The highest BCUT2D eigenvalue weighted by molar-refractivity contribution is 7.81. The zero-order valence-electron chi connectivity index (χ0n) is 57.0. The second-order valence-corrected chi connectivity index (χ2v) is 30.2. The molecule has 2 saturated carbocycles. The van der Waals surface area contributed by atoms with E-state index in [0.717, 1.165) is 88.0 Å². The van der Waals surface area contributed by atoms with E-state index in [-0.39, 0.29) is 42.6 Å². The molecule has 0 radical (unpaired) electrons. The SMILES string of the molecule is COC1(C2CCCCC2)CCN(c2ccc(-c3cn4nc(C5CCC(CN[C@H]6C[C@@H](O)CNC(=O)[C@@H]7[C@@H](O)[C@@H](C)CN7C(=O)[C@H]([C@H](O)CCNC(CO)CO)NC(=O)[C@H]([C@H](O)Cc7ccc(O)c(OS(=O)(=O)O)c7)NC(=O)[C@@H]7C[C@@H](O)CN7C(=O)C([C@@H](C)O)NC6=O)CC5)sc4n3)cc2)CC1. The van der Waals surface area contributed by atoms with Crippen LogP contribution in [-0.2, 0) is 50.3 Å². The van der Waals surface area contributed by atoms with Crippen molar-refractivity contribution in [1.29, 1.82) is 0 Å². The van der Waals surface area contributed by atoms with Gasteiger partial charge in [0.05, 0.1) is 79.4 Å². The number of methoxy groups -OCH3 is 1. The number of benzene rings is 2. The number of hydrogen-bond donors (Lipinski definition) is 16. The number of fused-ring (bicyclic) bond motifs is 3. The molecule has 6 fully saturated rings. The molecule has 0 bridgehead atoms. The van der Waals surface area contributed by atoms with Crippen molar-refractivity contribution in [3.8, 4) is 22.8 Å². The number of nitrogens with one attached hydrogen (secondary N) is 6. The van der Waals surface area contributed by atoms with E-state index in [1.54, 1.807) is 0 Å². The summed E-state index contributed by atoms with van der Waals surface area (Å²) in [5.74, 6) is -8.41. The fraction of sp³-hybridized carbons (Fsp3) is 0.672. The molecule has 6 amide bonds. The van der Waals surface area contributed by atoms with E-state index in [2.05, 4.69) is 65.2 Å². The third-order valence-corrected chi connectivity index (χ3v) is 22.7. The van der Waals surface area contributed by atoms with Gasteiger partial charge in [-0.3, -0.25) is 33.3 Å². The number of aromatic nitrogens is 3. The third kappa shape index (κ3) is 18.6. The predicted octanol–water partition coefficient (Wildman–Crippen LogP) is -1.67. The molecule has 16 N–H and O–H groups in total. The maximum atomic E-state index is 15.0. The highest BCUT2D eigenvalue weighted by Gasteiger charge is 2.50. The Kier molecular flexibility index (Phi) is 25.7. The number of β-amino-alcohol motifs (C(OH)–C–C–N with tert-alkyl or cyclic N) is 1. The summed E-state index contributed by atoms with van der Waals surface area (Å²) < 4.78 is 45.2. The summed E-state index contributed by atoms with van der Waals surface area (Å²) in [5.41, 5.74) is 2.84. The molecule has 558 valence electrons. The summed E-state index contributed by atoms with van der Waals surface area (Å²) >= 11 is 1.53. The molecule has 2 aliphatic carbocycles. The molecule has 101 heavy (non-hydrogen) atoms. The molecule has 1 unspecified atom stereocenters. The van der Waals surface area contributed by atoms with Crippen molar-refractivity contribution < 1.29 is 96.6 Å². The van der Waals surface area contributed by atoms with Crippen molar-refractivity contribution in [2.45, 2.75) is 201 Å². The van der Waals surface area contributed by atoms with Crippen LogP contribution < -0.4 is 41.0 Å². The van der Waals surface area contributed by atoms with E-state index in [0.29, 0.717) is 18.8 Å². The number of carbonyl (C=O) groups is 6. The van der Waals surface area contributed by atoms with Gasteiger partial charge < -0.3 is 101 Å². The zero-order valence-corrected chi connectivity index (χ0v) is 58.6. The number of carbonyl (C=O) groups excluding carboxylic acids is 6. The maximum Gasteiger partial charge on any atom is 0.446 e. The summed E-state index contributed by atoms with van der Waals surface area (Å²) in [6, 6.07) is -0.276. The lowest BCUT2D eigenvalue weighted by Crippen LogP contribution is -2.64. The number of aliphatic hydroxyl groups is 8. The molecule has 32 nitrogen and oxygen atoms in total. The van der Waals surface area contributed by atoms with Crippen LogP contribution in [0.2, 0.25) is 0 Å². The van der Waals surface area contributed by atoms with Crippen LogP contribution >= 0.6 is 11.3 Å². The Morgan fingerprint density at radius 1 is 0.782 bits per heavy atom. The van der Waals surface area contributed by atoms with Crippen molar-refractivity contribution in [3.63, 3.8) is 0 Å². The van der Waals surface area contributed by atoms with Gasteiger partial charge in [0.15, 0.2) is 11.5 Å². The Labute approximate surface area is 589 Å². The Hall–Kier alpha value is -6.77. The molecule has 34 heteroatoms. The molecule has 0 spiro atoms. The van der Waals surface area contributed by atoms with E-state index >= 15 is 4.79 Å². The summed E-state index contributed by atoms with van der Waals surface area (Å²) in [7, 11) is -3.34. The average Bonchev–Trinajstić information content (AvgIpc) is 1.71. The van der Waals surface area contributed by atoms with E-state index in [4.69, 9.17) is 14.8 Å². The highest BCUT2D eigenvalue weighted by atomic mass is 32.3. The first-order chi connectivity index (χ1) is 48.2. The van der Waals surface area contributed by atoms with Gasteiger partial charge in [-0.25, -0.2) is 9.50 Å². The van der Waals surface area contributed by atoms with Gasteiger partial charge in [-0.15, -0.1) is 0 Å². The third-order valence-electron chi connectivity index (χ3n) is 21.2. The first kappa shape index (κ1) is 76.9. The van der Waals surface area contributed by atoms with Gasteiger partial charge in [-0.2, -0.15) is 13.5 Å². The van der Waals surface area contributed by atoms with E-state index < -0.39 is 194 Å². The van der Waals surface area contributed by atoms with Gasteiger partial charge >= 0.3 is 10.4 Å². The highest BCUT2D eigenvalue weighted by Crippen LogP contribution is 2.43. The van der Waals surface area contributed by atoms with Crippen molar-refractivity contribution in [2.75, 3.05) is 71.0 Å². The van der Waals surface area contributed by atoms with Gasteiger partial charge in [0.25, 0.3) is 0 Å². The largest absolute Gasteiger partial charge is 0.504 e. The Bertz CT molecular complexity index is 3590. The van der Waals surface area contributed by atoms with Crippen molar-refractivity contribution >= 4 is 67.8 Å².